The average Bonchev–Trinajstić information content (AvgIpc) is 3.23. The fraction of sp³-hybridized carbons (Fsp3) is 0.125. The van der Waals surface area contributed by atoms with E-state index in [1.807, 2.05) is 44.3 Å². The van der Waals surface area contributed by atoms with Gasteiger partial charge in [0.2, 0.25) is 0 Å². The molecule has 3 aromatic heterocycles. The molecule has 4 aromatic rings. The number of fused-ring (bicyclic) bond motifs is 1. The first-order valence-corrected chi connectivity index (χ1v) is 7.26. The van der Waals surface area contributed by atoms with Crippen LogP contribution in [0.25, 0.3) is 16.9 Å². The van der Waals surface area contributed by atoms with Gasteiger partial charge in [-0.3, -0.25) is 0 Å². The number of hydrogen-bond acceptors (Lipinski definition) is 4. The number of para-hydroxylation sites is 1. The summed E-state index contributed by atoms with van der Waals surface area (Å²) in [7, 11) is 0. The van der Waals surface area contributed by atoms with Gasteiger partial charge in [0.15, 0.2) is 0 Å². The van der Waals surface area contributed by atoms with Gasteiger partial charge in [0, 0.05) is 28.4 Å². The summed E-state index contributed by atoms with van der Waals surface area (Å²) >= 11 is 0. The lowest BCUT2D eigenvalue weighted by atomic mass is 10.2. The zero-order valence-corrected chi connectivity index (χ0v) is 12.8. The topological polar surface area (TPSA) is 76.7 Å². The maximum Gasteiger partial charge on any atom is 0.273 e. The van der Waals surface area contributed by atoms with Crippen molar-refractivity contribution >= 4 is 17.1 Å². The van der Waals surface area contributed by atoms with Gasteiger partial charge in [0.05, 0.1) is 11.9 Å². The molecule has 0 saturated heterocycles. The molecule has 4 rings (SSSR count). The quantitative estimate of drug-likeness (QED) is 0.591. The fourth-order valence-corrected chi connectivity index (χ4v) is 2.60. The molecule has 114 valence electrons. The first-order valence-electron chi connectivity index (χ1n) is 7.26. The summed E-state index contributed by atoms with van der Waals surface area (Å²) < 4.78 is 3.34. The molecule has 0 aliphatic rings. The highest BCUT2D eigenvalue weighted by Gasteiger charge is 2.10. The Hall–Kier alpha value is -3.22. The molecule has 0 atom stereocenters. The van der Waals surface area contributed by atoms with E-state index in [1.54, 1.807) is 21.9 Å². The Morgan fingerprint density at radius 2 is 2.09 bits per heavy atom. The largest absolute Gasteiger partial charge is 0.361 e. The Morgan fingerprint density at radius 1 is 1.22 bits per heavy atom. The average molecular weight is 305 g/mol. The van der Waals surface area contributed by atoms with Crippen LogP contribution in [0, 0.1) is 13.8 Å². The van der Waals surface area contributed by atoms with Crippen molar-refractivity contribution < 1.29 is 0 Å². The van der Waals surface area contributed by atoms with Crippen LogP contribution in [-0.2, 0) is 0 Å². The Bertz CT molecular complexity index is 1000. The molecule has 0 spiro atoms. The van der Waals surface area contributed by atoms with Crippen molar-refractivity contribution in [1.82, 2.24) is 29.6 Å². The molecule has 0 saturated carbocycles. The zero-order chi connectivity index (χ0) is 15.8. The second-order valence-corrected chi connectivity index (χ2v) is 5.35. The van der Waals surface area contributed by atoms with Gasteiger partial charge in [-0.15, -0.1) is 10.2 Å². The highest BCUT2D eigenvalue weighted by Crippen LogP contribution is 2.16. The van der Waals surface area contributed by atoms with E-state index >= 15 is 0 Å². The minimum absolute atomic E-state index is 0.562. The number of rotatable bonds is 3. The third-order valence-electron chi connectivity index (χ3n) is 3.65. The lowest BCUT2D eigenvalue weighted by Gasteiger charge is -2.02. The van der Waals surface area contributed by atoms with Crippen molar-refractivity contribution in [3.8, 4) is 5.95 Å². The fourth-order valence-electron chi connectivity index (χ4n) is 2.60. The van der Waals surface area contributed by atoms with E-state index in [9.17, 15) is 0 Å². The van der Waals surface area contributed by atoms with Crippen molar-refractivity contribution in [2.45, 2.75) is 13.8 Å². The van der Waals surface area contributed by atoms with Crippen LogP contribution in [0.1, 0.15) is 17.0 Å². The number of aromatic amines is 1. The Balaban J connectivity index is 1.73. The van der Waals surface area contributed by atoms with Crippen molar-refractivity contribution in [2.24, 2.45) is 5.10 Å². The molecule has 7 nitrogen and oxygen atoms in total. The molecule has 0 bridgehead atoms. The molecule has 7 heteroatoms. The summed E-state index contributed by atoms with van der Waals surface area (Å²) in [6.45, 7) is 3.92. The molecule has 0 fully saturated rings. The molecule has 3 heterocycles. The molecule has 0 aliphatic heterocycles. The third-order valence-corrected chi connectivity index (χ3v) is 3.65. The van der Waals surface area contributed by atoms with Crippen LogP contribution in [0.2, 0.25) is 0 Å². The van der Waals surface area contributed by atoms with Crippen molar-refractivity contribution in [2.75, 3.05) is 0 Å². The maximum atomic E-state index is 4.47. The number of aryl methyl sites for hydroxylation is 2. The van der Waals surface area contributed by atoms with Gasteiger partial charge in [-0.1, -0.05) is 18.2 Å². The molecule has 23 heavy (non-hydrogen) atoms. The standard InChI is InChI=1S/C16H15N7/c1-11-7-12(2)23(21-11)16-20-18-10-22(16)19-9-13-8-17-15-6-4-3-5-14(13)15/h3-10,17H,1-2H3/b19-9+. The summed E-state index contributed by atoms with van der Waals surface area (Å²) in [6.07, 6.45) is 5.29. The molecule has 0 aliphatic carbocycles. The van der Waals surface area contributed by atoms with Crippen LogP contribution in [0.4, 0.5) is 0 Å². The van der Waals surface area contributed by atoms with Crippen LogP contribution in [0.5, 0.6) is 0 Å². The van der Waals surface area contributed by atoms with E-state index in [4.69, 9.17) is 0 Å². The van der Waals surface area contributed by atoms with E-state index < -0.39 is 0 Å². The molecular weight excluding hydrogens is 290 g/mol. The zero-order valence-electron chi connectivity index (χ0n) is 12.8. The molecule has 0 unspecified atom stereocenters. The normalized spacial score (nSPS) is 11.7. The smallest absolute Gasteiger partial charge is 0.273 e. The predicted molar refractivity (Wildman–Crippen MR) is 87.9 cm³/mol. The van der Waals surface area contributed by atoms with E-state index in [-0.39, 0.29) is 0 Å². The van der Waals surface area contributed by atoms with Gasteiger partial charge >= 0.3 is 0 Å². The summed E-state index contributed by atoms with van der Waals surface area (Å²) in [4.78, 5) is 3.23. The van der Waals surface area contributed by atoms with Gasteiger partial charge in [-0.2, -0.15) is 14.9 Å². The third kappa shape index (κ3) is 2.32. The summed E-state index contributed by atoms with van der Waals surface area (Å²) in [6, 6.07) is 10.1. The number of nitrogens with one attached hydrogen (secondary N) is 1. The SMILES string of the molecule is Cc1cc(C)n(-c2nncn2/N=C/c2c[nH]c3ccccc23)n1. The summed E-state index contributed by atoms with van der Waals surface area (Å²) in [5, 5.41) is 18.1. The number of benzene rings is 1. The second-order valence-electron chi connectivity index (χ2n) is 5.35. The minimum atomic E-state index is 0.562. The van der Waals surface area contributed by atoms with Crippen LogP contribution in [0.15, 0.2) is 48.0 Å². The van der Waals surface area contributed by atoms with E-state index in [1.165, 1.54) is 0 Å². The molecule has 0 amide bonds. The van der Waals surface area contributed by atoms with Crippen LogP contribution >= 0.6 is 0 Å². The predicted octanol–water partition coefficient (Wildman–Crippen LogP) is 2.44. The van der Waals surface area contributed by atoms with Gasteiger partial charge < -0.3 is 4.98 Å². The Labute approximate surface area is 132 Å². The Morgan fingerprint density at radius 3 is 2.91 bits per heavy atom. The van der Waals surface area contributed by atoms with Gasteiger partial charge in [-0.25, -0.2) is 4.68 Å². The number of H-pyrrole nitrogens is 1. The van der Waals surface area contributed by atoms with E-state index in [2.05, 4.69) is 31.4 Å². The highest BCUT2D eigenvalue weighted by molar-refractivity contribution is 5.98. The highest BCUT2D eigenvalue weighted by atomic mass is 15.5. The first kappa shape index (κ1) is 13.4. The second kappa shape index (κ2) is 5.20. The van der Waals surface area contributed by atoms with E-state index in [0.717, 1.165) is 27.9 Å². The molecular formula is C16H15N7. The van der Waals surface area contributed by atoms with Gasteiger partial charge in [-0.05, 0) is 26.0 Å². The van der Waals surface area contributed by atoms with Crippen molar-refractivity contribution in [1.29, 1.82) is 0 Å². The first-order chi connectivity index (χ1) is 11.2. The summed E-state index contributed by atoms with van der Waals surface area (Å²) in [5.41, 5.74) is 4.00. The van der Waals surface area contributed by atoms with Crippen molar-refractivity contribution in [3.63, 3.8) is 0 Å². The van der Waals surface area contributed by atoms with E-state index in [0.29, 0.717) is 5.95 Å². The molecule has 0 radical (unpaired) electrons. The Kier molecular flexibility index (Phi) is 3.04. The number of hydrogen-bond donors (Lipinski definition) is 1. The minimum Gasteiger partial charge on any atom is -0.361 e. The monoisotopic (exact) mass is 305 g/mol. The van der Waals surface area contributed by atoms with Crippen LogP contribution in [-0.4, -0.2) is 35.9 Å². The maximum absolute atomic E-state index is 4.47. The number of aromatic nitrogens is 6. The van der Waals surface area contributed by atoms with Gasteiger partial charge in [0.1, 0.15) is 6.33 Å². The lowest BCUT2D eigenvalue weighted by Crippen LogP contribution is -2.06. The number of nitrogens with zero attached hydrogens (tertiary/aromatic N) is 6. The van der Waals surface area contributed by atoms with Crippen LogP contribution < -0.4 is 0 Å². The summed E-state index contributed by atoms with van der Waals surface area (Å²) in [5.74, 6) is 0.562. The molecule has 1 N–H and O–H groups in total. The molecule has 1 aromatic carbocycles. The van der Waals surface area contributed by atoms with Crippen LogP contribution in [0.3, 0.4) is 0 Å². The lowest BCUT2D eigenvalue weighted by molar-refractivity contribution is 0.717. The van der Waals surface area contributed by atoms with Crippen molar-refractivity contribution in [3.05, 3.63) is 59.8 Å². The van der Waals surface area contributed by atoms with Gasteiger partial charge in [0.25, 0.3) is 5.95 Å².